The largest absolute Gasteiger partial charge is 0.477 e. The van der Waals surface area contributed by atoms with Crippen molar-refractivity contribution in [1.82, 2.24) is 9.47 Å². The molecule has 104 valence electrons. The highest BCUT2D eigenvalue weighted by atomic mass is 16.4. The van der Waals surface area contributed by atoms with Crippen LogP contribution in [0.1, 0.15) is 34.3 Å². The molecule has 0 atom stereocenters. The minimum atomic E-state index is -1.10. The minimum Gasteiger partial charge on any atom is -0.477 e. The summed E-state index contributed by atoms with van der Waals surface area (Å²) >= 11 is 0. The highest BCUT2D eigenvalue weighted by molar-refractivity contribution is 5.89. The highest BCUT2D eigenvalue weighted by Gasteiger charge is 2.22. The summed E-state index contributed by atoms with van der Waals surface area (Å²) in [5, 5.41) is 9.30. The van der Waals surface area contributed by atoms with Crippen LogP contribution in [0.3, 0.4) is 0 Å². The molecular formula is C14H20N2O3. The van der Waals surface area contributed by atoms with Crippen molar-refractivity contribution in [2.24, 2.45) is 0 Å². The molecule has 1 aliphatic rings. The molecule has 1 aliphatic carbocycles. The standard InChI is InChI=1S/C14H20N2O3/c1-15(2)7-8-16-9-10-5-3-4-6-11(10)12(13(16)17)14(18)19/h9H,3-8H2,1-2H3,(H,18,19). The molecule has 19 heavy (non-hydrogen) atoms. The van der Waals surface area contributed by atoms with Gasteiger partial charge in [0.05, 0.1) is 0 Å². The summed E-state index contributed by atoms with van der Waals surface area (Å²) in [5.41, 5.74) is 1.40. The van der Waals surface area contributed by atoms with Gasteiger partial charge in [-0.25, -0.2) is 4.79 Å². The van der Waals surface area contributed by atoms with Gasteiger partial charge in [-0.1, -0.05) is 0 Å². The number of carboxylic acids is 1. The fraction of sp³-hybridized carbons (Fsp3) is 0.571. The Kier molecular flexibility index (Phi) is 4.04. The molecule has 0 spiro atoms. The summed E-state index contributed by atoms with van der Waals surface area (Å²) in [4.78, 5) is 25.6. The van der Waals surface area contributed by atoms with E-state index in [1.165, 1.54) is 0 Å². The van der Waals surface area contributed by atoms with Gasteiger partial charge in [-0.15, -0.1) is 0 Å². The Bertz CT molecular complexity index is 546. The molecule has 0 bridgehead atoms. The number of aromatic nitrogens is 1. The fourth-order valence-corrected chi connectivity index (χ4v) is 2.57. The molecule has 0 fully saturated rings. The second-order valence-corrected chi connectivity index (χ2v) is 5.32. The highest BCUT2D eigenvalue weighted by Crippen LogP contribution is 2.22. The quantitative estimate of drug-likeness (QED) is 0.881. The van der Waals surface area contributed by atoms with Crippen LogP contribution in [0.15, 0.2) is 11.0 Å². The number of rotatable bonds is 4. The van der Waals surface area contributed by atoms with Crippen LogP contribution in [0.2, 0.25) is 0 Å². The van der Waals surface area contributed by atoms with E-state index < -0.39 is 5.97 Å². The van der Waals surface area contributed by atoms with Gasteiger partial charge in [0.15, 0.2) is 0 Å². The summed E-state index contributed by atoms with van der Waals surface area (Å²) in [7, 11) is 3.86. The molecule has 0 radical (unpaired) electrons. The SMILES string of the molecule is CN(C)CCn1cc2c(c(C(=O)O)c1=O)CCCC2. The first-order valence-corrected chi connectivity index (χ1v) is 6.64. The van der Waals surface area contributed by atoms with Crippen LogP contribution in [0.4, 0.5) is 0 Å². The van der Waals surface area contributed by atoms with Crippen molar-refractivity contribution >= 4 is 5.97 Å². The first kappa shape index (κ1) is 13.8. The summed E-state index contributed by atoms with van der Waals surface area (Å²) in [6.45, 7) is 1.25. The van der Waals surface area contributed by atoms with Crippen LogP contribution < -0.4 is 5.56 Å². The first-order valence-electron chi connectivity index (χ1n) is 6.64. The number of fused-ring (bicyclic) bond motifs is 1. The van der Waals surface area contributed by atoms with Crippen LogP contribution in [-0.2, 0) is 19.4 Å². The summed E-state index contributed by atoms with van der Waals surface area (Å²) in [6.07, 6.45) is 5.47. The molecule has 0 amide bonds. The van der Waals surface area contributed by atoms with Crippen molar-refractivity contribution < 1.29 is 9.90 Å². The molecule has 0 saturated carbocycles. The van der Waals surface area contributed by atoms with Crippen LogP contribution in [0.25, 0.3) is 0 Å². The zero-order valence-electron chi connectivity index (χ0n) is 11.5. The van der Waals surface area contributed by atoms with Gasteiger partial charge in [0.1, 0.15) is 5.56 Å². The molecule has 0 saturated heterocycles. The lowest BCUT2D eigenvalue weighted by molar-refractivity contribution is 0.0692. The number of carbonyl (C=O) groups is 1. The number of pyridine rings is 1. The Hall–Kier alpha value is -1.62. The Morgan fingerprint density at radius 2 is 2.05 bits per heavy atom. The first-order chi connectivity index (χ1) is 9.00. The van der Waals surface area contributed by atoms with Gasteiger partial charge in [0.25, 0.3) is 5.56 Å². The number of carboxylic acid groups (broad SMARTS) is 1. The lowest BCUT2D eigenvalue weighted by atomic mass is 9.90. The number of nitrogens with zero attached hydrogens (tertiary/aromatic N) is 2. The van der Waals surface area contributed by atoms with Gasteiger partial charge in [-0.2, -0.15) is 0 Å². The number of aryl methyl sites for hydroxylation is 1. The monoisotopic (exact) mass is 264 g/mol. The van der Waals surface area contributed by atoms with E-state index in [9.17, 15) is 14.7 Å². The number of hydrogen-bond donors (Lipinski definition) is 1. The number of hydrogen-bond acceptors (Lipinski definition) is 3. The van der Waals surface area contributed by atoms with Crippen LogP contribution >= 0.6 is 0 Å². The third kappa shape index (κ3) is 2.87. The van der Waals surface area contributed by atoms with Crippen LogP contribution in [-0.4, -0.2) is 41.2 Å². The number of aromatic carboxylic acids is 1. The Morgan fingerprint density at radius 3 is 2.68 bits per heavy atom. The lowest BCUT2D eigenvalue weighted by Gasteiger charge is -2.20. The molecule has 1 heterocycles. The fourth-order valence-electron chi connectivity index (χ4n) is 2.57. The van der Waals surface area contributed by atoms with E-state index in [2.05, 4.69) is 0 Å². The van der Waals surface area contributed by atoms with Crippen molar-refractivity contribution in [1.29, 1.82) is 0 Å². The maximum atomic E-state index is 12.3. The molecular weight excluding hydrogens is 244 g/mol. The Balaban J connectivity index is 2.48. The van der Waals surface area contributed by atoms with Crippen molar-refractivity contribution in [3.63, 3.8) is 0 Å². The van der Waals surface area contributed by atoms with Gasteiger partial charge in [-0.3, -0.25) is 4.79 Å². The van der Waals surface area contributed by atoms with Gasteiger partial charge in [0.2, 0.25) is 0 Å². The average Bonchev–Trinajstić information content (AvgIpc) is 2.35. The maximum absolute atomic E-state index is 12.3. The molecule has 5 heteroatoms. The normalized spacial score (nSPS) is 14.5. The molecule has 2 rings (SSSR count). The van der Waals surface area contributed by atoms with E-state index in [0.717, 1.165) is 36.9 Å². The second kappa shape index (κ2) is 5.57. The Morgan fingerprint density at radius 1 is 1.37 bits per heavy atom. The molecule has 1 aromatic rings. The summed E-state index contributed by atoms with van der Waals surface area (Å²) in [5.74, 6) is -1.10. The van der Waals surface area contributed by atoms with Gasteiger partial charge in [-0.05, 0) is 50.9 Å². The van der Waals surface area contributed by atoms with Crippen LogP contribution in [0, 0.1) is 0 Å². The van der Waals surface area contributed by atoms with Crippen molar-refractivity contribution in [3.05, 3.63) is 33.2 Å². The summed E-state index contributed by atoms with van der Waals surface area (Å²) in [6, 6.07) is 0. The smallest absolute Gasteiger partial charge is 0.341 e. The second-order valence-electron chi connectivity index (χ2n) is 5.32. The third-order valence-electron chi connectivity index (χ3n) is 3.60. The van der Waals surface area contributed by atoms with E-state index in [0.29, 0.717) is 13.0 Å². The molecule has 0 aromatic carbocycles. The number of likely N-dealkylation sites (N-methyl/N-ethyl adjacent to an activating group) is 1. The van der Waals surface area contributed by atoms with E-state index >= 15 is 0 Å². The predicted molar refractivity (Wildman–Crippen MR) is 72.9 cm³/mol. The molecule has 0 unspecified atom stereocenters. The van der Waals surface area contributed by atoms with E-state index in [1.807, 2.05) is 25.2 Å². The van der Waals surface area contributed by atoms with E-state index in [4.69, 9.17) is 0 Å². The van der Waals surface area contributed by atoms with Crippen molar-refractivity contribution in [2.75, 3.05) is 20.6 Å². The zero-order chi connectivity index (χ0) is 14.0. The maximum Gasteiger partial charge on any atom is 0.341 e. The van der Waals surface area contributed by atoms with E-state index in [1.54, 1.807) is 4.57 Å². The topological polar surface area (TPSA) is 62.5 Å². The molecule has 1 aromatic heterocycles. The van der Waals surface area contributed by atoms with Gasteiger partial charge < -0.3 is 14.6 Å². The molecule has 1 N–H and O–H groups in total. The minimum absolute atomic E-state index is 0.0176. The molecule has 0 aliphatic heterocycles. The third-order valence-corrected chi connectivity index (χ3v) is 3.60. The van der Waals surface area contributed by atoms with Gasteiger partial charge >= 0.3 is 5.97 Å². The summed E-state index contributed by atoms with van der Waals surface area (Å²) < 4.78 is 1.55. The predicted octanol–water partition coefficient (Wildman–Crippen LogP) is 0.987. The zero-order valence-corrected chi connectivity index (χ0v) is 11.5. The van der Waals surface area contributed by atoms with Gasteiger partial charge in [0, 0.05) is 19.3 Å². The Labute approximate surface area is 112 Å². The van der Waals surface area contributed by atoms with E-state index in [-0.39, 0.29) is 11.1 Å². The lowest BCUT2D eigenvalue weighted by Crippen LogP contribution is -2.33. The molecule has 5 nitrogen and oxygen atoms in total. The average molecular weight is 264 g/mol. The van der Waals surface area contributed by atoms with Crippen LogP contribution in [0.5, 0.6) is 0 Å². The van der Waals surface area contributed by atoms with Crippen molar-refractivity contribution in [2.45, 2.75) is 32.2 Å². The van der Waals surface area contributed by atoms with Crippen molar-refractivity contribution in [3.8, 4) is 0 Å².